The molecule has 2 bridgehead atoms. The van der Waals surface area contributed by atoms with Gasteiger partial charge in [-0.2, -0.15) is 0 Å². The van der Waals surface area contributed by atoms with Crippen LogP contribution in [0.4, 0.5) is 0 Å². The Kier molecular flexibility index (Phi) is 4.19. The first-order chi connectivity index (χ1) is 9.18. The van der Waals surface area contributed by atoms with Gasteiger partial charge in [-0.05, 0) is 61.7 Å². The minimum atomic E-state index is 0.630. The van der Waals surface area contributed by atoms with Crippen LogP contribution in [-0.4, -0.2) is 25.8 Å². The molecule has 2 heteroatoms. The van der Waals surface area contributed by atoms with Crippen molar-refractivity contribution in [1.82, 2.24) is 5.32 Å². The highest BCUT2D eigenvalue weighted by Gasteiger charge is 2.51. The maximum Gasteiger partial charge on any atom is 0.0468 e. The molecule has 3 aliphatic rings. The summed E-state index contributed by atoms with van der Waals surface area (Å²) in [6, 6.07) is 0.630. The molecule has 1 saturated heterocycles. The molecule has 3 fully saturated rings. The van der Waals surface area contributed by atoms with Gasteiger partial charge in [-0.25, -0.2) is 0 Å². The summed E-state index contributed by atoms with van der Waals surface area (Å²) < 4.78 is 5.54. The van der Waals surface area contributed by atoms with Crippen LogP contribution in [0, 0.1) is 23.2 Å². The van der Waals surface area contributed by atoms with Gasteiger partial charge in [0.2, 0.25) is 0 Å². The van der Waals surface area contributed by atoms with Crippen LogP contribution >= 0.6 is 0 Å². The summed E-state index contributed by atoms with van der Waals surface area (Å²) in [6.45, 7) is 7.85. The second-order valence-electron chi connectivity index (χ2n) is 7.74. The number of ether oxygens (including phenoxy) is 1. The average Bonchev–Trinajstić information content (AvgIpc) is 2.98. The summed E-state index contributed by atoms with van der Waals surface area (Å²) >= 11 is 0. The fourth-order valence-corrected chi connectivity index (χ4v) is 5.03. The Morgan fingerprint density at radius 3 is 2.53 bits per heavy atom. The van der Waals surface area contributed by atoms with E-state index in [-0.39, 0.29) is 0 Å². The smallest absolute Gasteiger partial charge is 0.0468 e. The molecule has 0 aromatic rings. The van der Waals surface area contributed by atoms with Crippen molar-refractivity contribution in [3.63, 3.8) is 0 Å². The van der Waals surface area contributed by atoms with E-state index in [9.17, 15) is 0 Å². The summed E-state index contributed by atoms with van der Waals surface area (Å²) in [4.78, 5) is 0. The van der Waals surface area contributed by atoms with Gasteiger partial charge in [0, 0.05) is 25.8 Å². The first kappa shape index (κ1) is 13.9. The molecule has 1 aliphatic heterocycles. The largest absolute Gasteiger partial charge is 0.381 e. The average molecular weight is 265 g/mol. The number of hydrogen-bond acceptors (Lipinski definition) is 2. The Bertz CT molecular complexity index is 298. The van der Waals surface area contributed by atoms with E-state index in [0.29, 0.717) is 11.5 Å². The quantitative estimate of drug-likeness (QED) is 0.820. The zero-order valence-electron chi connectivity index (χ0n) is 12.8. The highest BCUT2D eigenvalue weighted by molar-refractivity contribution is 5.02. The monoisotopic (exact) mass is 265 g/mol. The summed E-state index contributed by atoms with van der Waals surface area (Å²) in [5.74, 6) is 3.01. The number of hydrogen-bond donors (Lipinski definition) is 1. The van der Waals surface area contributed by atoms with Crippen molar-refractivity contribution in [3.8, 4) is 0 Å². The molecule has 2 saturated carbocycles. The van der Waals surface area contributed by atoms with E-state index < -0.39 is 0 Å². The third kappa shape index (κ3) is 3.00. The van der Waals surface area contributed by atoms with Gasteiger partial charge in [-0.15, -0.1) is 0 Å². The van der Waals surface area contributed by atoms with Gasteiger partial charge in [0.25, 0.3) is 0 Å². The lowest BCUT2D eigenvalue weighted by Crippen LogP contribution is -2.43. The number of fused-ring (bicyclic) bond motifs is 2. The van der Waals surface area contributed by atoms with Gasteiger partial charge in [0.1, 0.15) is 0 Å². The molecule has 1 heterocycles. The highest BCUT2D eigenvalue weighted by Crippen LogP contribution is 2.58. The molecule has 110 valence electrons. The van der Waals surface area contributed by atoms with Crippen LogP contribution in [0.1, 0.15) is 58.8 Å². The summed E-state index contributed by atoms with van der Waals surface area (Å²) in [6.07, 6.45) is 10.1. The maximum atomic E-state index is 5.54. The first-order valence-electron chi connectivity index (χ1n) is 8.49. The van der Waals surface area contributed by atoms with Crippen LogP contribution in [-0.2, 0) is 4.74 Å². The Labute approximate surface area is 118 Å². The zero-order chi connectivity index (χ0) is 13.3. The van der Waals surface area contributed by atoms with E-state index >= 15 is 0 Å². The van der Waals surface area contributed by atoms with Gasteiger partial charge in [0.05, 0.1) is 0 Å². The van der Waals surface area contributed by atoms with E-state index in [1.54, 1.807) is 0 Å². The van der Waals surface area contributed by atoms with Crippen LogP contribution in [0.15, 0.2) is 0 Å². The third-order valence-electron chi connectivity index (χ3n) is 6.00. The fraction of sp³-hybridized carbons (Fsp3) is 1.00. The Morgan fingerprint density at radius 1 is 1.16 bits per heavy atom. The molecule has 2 nitrogen and oxygen atoms in total. The van der Waals surface area contributed by atoms with Crippen molar-refractivity contribution in [2.24, 2.45) is 23.2 Å². The third-order valence-corrected chi connectivity index (χ3v) is 6.00. The molecule has 3 unspecified atom stereocenters. The minimum Gasteiger partial charge on any atom is -0.381 e. The van der Waals surface area contributed by atoms with Crippen molar-refractivity contribution in [2.75, 3.05) is 19.8 Å². The molecule has 0 aromatic heterocycles. The predicted molar refractivity (Wildman–Crippen MR) is 79.2 cm³/mol. The van der Waals surface area contributed by atoms with Gasteiger partial charge >= 0.3 is 0 Å². The van der Waals surface area contributed by atoms with Crippen LogP contribution < -0.4 is 5.32 Å². The molecular weight excluding hydrogens is 234 g/mol. The topological polar surface area (TPSA) is 21.3 Å². The summed E-state index contributed by atoms with van der Waals surface area (Å²) in [5, 5.41) is 3.77. The SMILES string of the molecule is CC(C)NCC1(CC2CCOCC2)CC2CCC1C2. The van der Waals surface area contributed by atoms with Crippen molar-refractivity contribution in [2.45, 2.75) is 64.8 Å². The second kappa shape index (κ2) is 5.73. The Hall–Kier alpha value is -0.0800. The van der Waals surface area contributed by atoms with E-state index in [4.69, 9.17) is 4.74 Å². The summed E-state index contributed by atoms with van der Waals surface area (Å²) in [5.41, 5.74) is 0.634. The maximum absolute atomic E-state index is 5.54. The lowest BCUT2D eigenvalue weighted by Gasteiger charge is -2.42. The van der Waals surface area contributed by atoms with Gasteiger partial charge in [0.15, 0.2) is 0 Å². The van der Waals surface area contributed by atoms with Crippen LogP contribution in [0.2, 0.25) is 0 Å². The lowest BCUT2D eigenvalue weighted by atomic mass is 9.67. The van der Waals surface area contributed by atoms with Crippen molar-refractivity contribution >= 4 is 0 Å². The normalized spacial score (nSPS) is 39.3. The summed E-state index contributed by atoms with van der Waals surface area (Å²) in [7, 11) is 0. The molecule has 3 rings (SSSR count). The van der Waals surface area contributed by atoms with Crippen molar-refractivity contribution in [3.05, 3.63) is 0 Å². The van der Waals surface area contributed by atoms with Gasteiger partial charge in [-0.3, -0.25) is 0 Å². The standard InChI is InChI=1S/C17H31NO/c1-13(2)18-12-17(10-14-5-7-19-8-6-14)11-15-3-4-16(17)9-15/h13-16,18H,3-12H2,1-2H3. The molecule has 1 N–H and O–H groups in total. The molecule has 19 heavy (non-hydrogen) atoms. The van der Waals surface area contributed by atoms with E-state index in [1.165, 1.54) is 51.5 Å². The lowest BCUT2D eigenvalue weighted by molar-refractivity contribution is 0.0313. The number of rotatable bonds is 5. The van der Waals surface area contributed by atoms with E-state index in [2.05, 4.69) is 19.2 Å². The molecule has 0 spiro atoms. The molecule has 0 radical (unpaired) electrons. The van der Waals surface area contributed by atoms with E-state index in [0.717, 1.165) is 31.0 Å². The molecule has 0 aromatic carbocycles. The zero-order valence-corrected chi connectivity index (χ0v) is 12.8. The minimum absolute atomic E-state index is 0.630. The van der Waals surface area contributed by atoms with E-state index in [1.807, 2.05) is 0 Å². The van der Waals surface area contributed by atoms with Crippen molar-refractivity contribution in [1.29, 1.82) is 0 Å². The fourth-order valence-electron chi connectivity index (χ4n) is 5.03. The van der Waals surface area contributed by atoms with Gasteiger partial charge < -0.3 is 10.1 Å². The molecule has 3 atom stereocenters. The molecule has 2 aliphatic carbocycles. The molecular formula is C17H31NO. The van der Waals surface area contributed by atoms with Crippen molar-refractivity contribution < 1.29 is 4.74 Å². The van der Waals surface area contributed by atoms with Crippen LogP contribution in [0.5, 0.6) is 0 Å². The van der Waals surface area contributed by atoms with Crippen LogP contribution in [0.3, 0.4) is 0 Å². The Morgan fingerprint density at radius 2 is 1.95 bits per heavy atom. The highest BCUT2D eigenvalue weighted by atomic mass is 16.5. The molecule has 0 amide bonds. The first-order valence-corrected chi connectivity index (χ1v) is 8.49. The predicted octanol–water partition coefficient (Wildman–Crippen LogP) is 3.61. The Balaban J connectivity index is 1.65. The second-order valence-corrected chi connectivity index (χ2v) is 7.74. The number of nitrogens with one attached hydrogen (secondary N) is 1. The van der Waals surface area contributed by atoms with Crippen LogP contribution in [0.25, 0.3) is 0 Å². The van der Waals surface area contributed by atoms with Gasteiger partial charge in [-0.1, -0.05) is 20.3 Å².